The fourth-order valence-corrected chi connectivity index (χ4v) is 13.7. The molecule has 9 aromatic carbocycles. The van der Waals surface area contributed by atoms with Gasteiger partial charge in [0.1, 0.15) is 23.0 Å². The van der Waals surface area contributed by atoms with Gasteiger partial charge in [0.15, 0.2) is 34.3 Å². The second-order valence-corrected chi connectivity index (χ2v) is 24.2. The summed E-state index contributed by atoms with van der Waals surface area (Å²) in [5, 5.41) is 30.4. The summed E-state index contributed by atoms with van der Waals surface area (Å²) in [5.74, 6) is 1.82. The van der Waals surface area contributed by atoms with E-state index in [2.05, 4.69) is 0 Å². The molecule has 0 fully saturated rings. The van der Waals surface area contributed by atoms with Crippen LogP contribution in [0.2, 0.25) is 0 Å². The third-order valence-electron chi connectivity index (χ3n) is 18.4. The maximum absolute atomic E-state index is 12.8. The predicted octanol–water partition coefficient (Wildman–Crippen LogP) is 13.1. The van der Waals surface area contributed by atoms with Gasteiger partial charge < -0.3 is 60.3 Å². The summed E-state index contributed by atoms with van der Waals surface area (Å²) < 4.78 is 1.90. The minimum absolute atomic E-state index is 0. The van der Waals surface area contributed by atoms with Crippen molar-refractivity contribution in [2.24, 2.45) is 0 Å². The van der Waals surface area contributed by atoms with E-state index in [-0.39, 0.29) is 101 Å². The van der Waals surface area contributed by atoms with Crippen molar-refractivity contribution in [2.75, 3.05) is 0 Å². The monoisotopic (exact) mass is 1380 g/mol. The SMILES string of the molecule is O[n+]1c2nc3[n-]c(nc4nc(nc5[n-]c(nc1-c1ccccc1-2)c1ccccc51)-c1nc(-c2ccc(-c5nc6c(nc5-c5ccccc5)-c5nc7[n-]c(nc8nc(nc9[n-]c(nc-6[n+]5O)c5ccccc95)-c5ccccc5-8)c5ccccc75)cc2)c(-c2ccccc2)nc1-4)c1ccccc31.[Ti+2].[Ti+2]. The van der Waals surface area contributed by atoms with Crippen molar-refractivity contribution in [1.29, 1.82) is 0 Å². The van der Waals surface area contributed by atoms with Crippen LogP contribution in [0.3, 0.4) is 0 Å². The Kier molecular flexibility index (Phi) is 13.7. The van der Waals surface area contributed by atoms with Crippen LogP contribution < -0.4 is 29.4 Å². The fraction of sp³-hybridized carbons (Fsp3) is 0. The average molecular weight is 1390 g/mol. The first kappa shape index (κ1) is 60.1. The molecule has 24 heteroatoms. The summed E-state index contributed by atoms with van der Waals surface area (Å²) in [7, 11) is 0. The zero-order chi connectivity index (χ0) is 65.8. The Hall–Kier alpha value is -13.1. The van der Waals surface area contributed by atoms with Gasteiger partial charge in [-0.3, -0.25) is 0 Å². The van der Waals surface area contributed by atoms with Crippen molar-refractivity contribution in [3.8, 4) is 137 Å². The van der Waals surface area contributed by atoms with Gasteiger partial charge in [0.25, 0.3) is 0 Å². The fourth-order valence-electron chi connectivity index (χ4n) is 13.7. The van der Waals surface area contributed by atoms with Crippen LogP contribution in [0, 0.1) is 0 Å². The van der Waals surface area contributed by atoms with Crippen LogP contribution in [-0.4, -0.2) is 80.2 Å². The minimum Gasteiger partial charge on any atom is -0.376 e. The Labute approximate surface area is 604 Å². The molecule has 0 radical (unpaired) electrons. The van der Waals surface area contributed by atoms with Crippen molar-refractivity contribution >= 4 is 88.3 Å². The van der Waals surface area contributed by atoms with Gasteiger partial charge in [0.05, 0.1) is 34.4 Å². The van der Waals surface area contributed by atoms with Gasteiger partial charge in [-0.15, -0.1) is 4.73 Å². The molecule has 2 N–H and O–H groups in total. The van der Waals surface area contributed by atoms with Gasteiger partial charge in [-0.2, -0.15) is 0 Å². The molecule has 470 valence electrons. The molecule has 0 saturated carbocycles. The van der Waals surface area contributed by atoms with Gasteiger partial charge in [-0.05, 0) is 37.0 Å². The summed E-state index contributed by atoms with van der Waals surface area (Å²) in [5.41, 5.74) is 11.7. The number of hydrogen-bond donors (Lipinski definition) is 2. The molecule has 16 bridgehead atoms. The second-order valence-electron chi connectivity index (χ2n) is 24.2. The van der Waals surface area contributed by atoms with E-state index in [0.29, 0.717) is 134 Å². The summed E-state index contributed by atoms with van der Waals surface area (Å²) in [6.07, 6.45) is 0. The summed E-state index contributed by atoms with van der Waals surface area (Å²) >= 11 is 0. The summed E-state index contributed by atoms with van der Waals surface area (Å²) in [4.78, 5) is 93.4. The number of hydrogen-bond acceptors (Lipinski definition) is 16. The molecular weight excluding hydrogens is 1340 g/mol. The third-order valence-corrected chi connectivity index (χ3v) is 18.4. The van der Waals surface area contributed by atoms with Crippen molar-refractivity contribution in [3.05, 3.63) is 231 Å². The maximum atomic E-state index is 12.8. The molecular formula is C78H40N20O2Ti2+2. The molecule has 21 rings (SSSR count). The number of aromatic nitrogens is 20. The van der Waals surface area contributed by atoms with E-state index in [9.17, 15) is 10.4 Å². The van der Waals surface area contributed by atoms with E-state index >= 15 is 0 Å². The Morgan fingerprint density at radius 3 is 0.765 bits per heavy atom. The van der Waals surface area contributed by atoms with Crippen LogP contribution in [0.4, 0.5) is 0 Å². The molecule has 0 saturated heterocycles. The smallest absolute Gasteiger partial charge is 0.376 e. The normalized spacial score (nSPS) is 11.8. The van der Waals surface area contributed by atoms with Gasteiger partial charge in [-0.25, -0.2) is 29.9 Å². The van der Waals surface area contributed by atoms with E-state index in [1.54, 1.807) is 0 Å². The molecule has 102 heavy (non-hydrogen) atoms. The first-order chi connectivity index (χ1) is 49.3. The first-order valence-electron chi connectivity index (χ1n) is 32.0. The van der Waals surface area contributed by atoms with Crippen LogP contribution in [0.1, 0.15) is 0 Å². The maximum Gasteiger partial charge on any atom is 2.00 e. The Morgan fingerprint density at radius 2 is 0.431 bits per heavy atom. The second kappa shape index (κ2) is 23.3. The van der Waals surface area contributed by atoms with Crippen LogP contribution in [0.25, 0.3) is 225 Å². The van der Waals surface area contributed by atoms with E-state index in [0.717, 1.165) is 42.5 Å². The number of fused-ring (bicyclic) bond motifs is 40. The molecule has 17 aromatic rings. The molecule has 8 aromatic heterocycles. The van der Waals surface area contributed by atoms with Crippen molar-refractivity contribution < 1.29 is 63.3 Å². The quantitative estimate of drug-likeness (QED) is 0.0940. The van der Waals surface area contributed by atoms with Gasteiger partial charge >= 0.3 is 55.1 Å². The minimum atomic E-state index is 0. The molecule has 0 atom stereocenters. The van der Waals surface area contributed by atoms with Crippen LogP contribution in [-0.2, 0) is 43.4 Å². The van der Waals surface area contributed by atoms with Gasteiger partial charge in [0, 0.05) is 89.2 Å². The van der Waals surface area contributed by atoms with Crippen LogP contribution in [0.15, 0.2) is 231 Å². The molecule has 4 aliphatic heterocycles. The Morgan fingerprint density at radius 1 is 0.196 bits per heavy atom. The van der Waals surface area contributed by atoms with Gasteiger partial charge in [0.2, 0.25) is 0 Å². The first-order valence-corrected chi connectivity index (χ1v) is 32.0. The molecule has 0 amide bonds. The third kappa shape index (κ3) is 9.27. The topological polar surface area (TPSA) is 285 Å². The van der Waals surface area contributed by atoms with E-state index < -0.39 is 0 Å². The molecule has 12 heterocycles. The molecule has 22 nitrogen and oxygen atoms in total. The molecule has 0 unspecified atom stereocenters. The molecule has 0 spiro atoms. The van der Waals surface area contributed by atoms with E-state index in [1.807, 2.05) is 231 Å². The number of rotatable bonds is 4. The number of benzene rings is 9. The van der Waals surface area contributed by atoms with Crippen LogP contribution >= 0.6 is 0 Å². The summed E-state index contributed by atoms with van der Waals surface area (Å²) in [6, 6.07) is 73.5. The number of nitrogens with zero attached hydrogens (tertiary/aromatic N) is 20. The van der Waals surface area contributed by atoms with E-state index in [1.165, 1.54) is 0 Å². The van der Waals surface area contributed by atoms with Crippen molar-refractivity contribution in [2.45, 2.75) is 0 Å². The van der Waals surface area contributed by atoms with E-state index in [4.69, 9.17) is 89.7 Å². The van der Waals surface area contributed by atoms with Gasteiger partial charge in [-0.1, -0.05) is 240 Å². The van der Waals surface area contributed by atoms with Crippen molar-refractivity contribution in [1.82, 2.24) is 89.7 Å². The Balaban J connectivity index is 0.00000360. The predicted molar refractivity (Wildman–Crippen MR) is 374 cm³/mol. The standard InChI is InChI=1S/C78H40N20O2.2Ti/c99-97-75-53-33-17-18-34-54(53)76(97)94-70-50-30-14-12-28-48(50)68(89-70)91-74-60-59(73(92-74)90-67-47-27-11-13-29-49(47)69(88-67)93-75)79-55(39-19-3-1-4-20-39)57(80-60)41-35-37-42(38-36-41)58-56(40-21-5-2-6-22-40)81-61-62(82-58)78-96-72-52-32-16-10-26-46(52)66(87-72)85-64-44-24-8-7-23-43(44)63(83-64)84-65-45-25-9-15-31-51(45)71(86-65)95-77(61)98(78)100;;/h1-38,99-100H;;/q-2;2*+2. The largest absolute Gasteiger partial charge is 2.00 e. The molecule has 4 aliphatic rings. The zero-order valence-corrected chi connectivity index (χ0v) is 55.9. The summed E-state index contributed by atoms with van der Waals surface area (Å²) in [6.45, 7) is 0. The zero-order valence-electron chi connectivity index (χ0n) is 52.8. The Bertz CT molecular complexity index is 6840. The average Bonchev–Trinajstić information content (AvgIpc) is 1.57. The molecule has 0 aliphatic carbocycles. The van der Waals surface area contributed by atoms with Crippen LogP contribution in [0.5, 0.6) is 0 Å². The van der Waals surface area contributed by atoms with Crippen molar-refractivity contribution in [3.63, 3.8) is 0 Å².